The van der Waals surface area contributed by atoms with Gasteiger partial charge in [0.1, 0.15) is 12.0 Å². The van der Waals surface area contributed by atoms with Crippen molar-refractivity contribution in [3.63, 3.8) is 0 Å². The lowest BCUT2D eigenvalue weighted by atomic mass is 10.3. The maximum atomic E-state index is 13.2. The summed E-state index contributed by atoms with van der Waals surface area (Å²) >= 11 is 0. The minimum Gasteiger partial charge on any atom is -0.393 e. The normalized spacial score (nSPS) is 10.5. The smallest absolute Gasteiger partial charge is 0.160 e. The minimum atomic E-state index is -0.932. The molecule has 5 nitrogen and oxygen atoms in total. The Morgan fingerprint density at radius 2 is 2.00 bits per heavy atom. The quantitative estimate of drug-likeness (QED) is 0.857. The molecule has 0 aliphatic carbocycles. The average Bonchev–Trinajstić information content (AvgIpc) is 2.50. The number of halogens is 2. The van der Waals surface area contributed by atoms with E-state index in [1.165, 1.54) is 12.4 Å². The summed E-state index contributed by atoms with van der Waals surface area (Å²) in [6.45, 7) is 2.93. The van der Waals surface area contributed by atoms with Gasteiger partial charge in [0.2, 0.25) is 0 Å². The number of benzene rings is 1. The summed E-state index contributed by atoms with van der Waals surface area (Å²) in [7, 11) is 1.90. The van der Waals surface area contributed by atoms with Crippen LogP contribution >= 0.6 is 0 Å². The standard InChI is InChI=1S/C15H19F2N5/c1-3-4-7-22(2)15-13(18)14(19-9-20-15)21-10-5-6-11(16)12(17)8-10/h5-6,8-9H,3-4,7,18H2,1-2H3,(H,19,20,21). The van der Waals surface area contributed by atoms with Gasteiger partial charge in [0, 0.05) is 25.3 Å². The molecule has 0 aliphatic heterocycles. The Kier molecular flexibility index (Phi) is 5.08. The predicted octanol–water partition coefficient (Wildman–Crippen LogP) is 3.32. The van der Waals surface area contributed by atoms with E-state index in [0.717, 1.165) is 31.5 Å². The van der Waals surface area contributed by atoms with E-state index in [1.807, 2.05) is 11.9 Å². The first-order valence-electron chi connectivity index (χ1n) is 7.06. The first kappa shape index (κ1) is 15.9. The third-order valence-corrected chi connectivity index (χ3v) is 3.25. The lowest BCUT2D eigenvalue weighted by Crippen LogP contribution is -2.21. The Hall–Kier alpha value is -2.44. The summed E-state index contributed by atoms with van der Waals surface area (Å²) in [6, 6.07) is 3.51. The highest BCUT2D eigenvalue weighted by molar-refractivity contribution is 5.78. The number of nitrogens with one attached hydrogen (secondary N) is 1. The van der Waals surface area contributed by atoms with Gasteiger partial charge in [0.05, 0.1) is 0 Å². The van der Waals surface area contributed by atoms with Crippen molar-refractivity contribution in [2.75, 3.05) is 29.5 Å². The summed E-state index contributed by atoms with van der Waals surface area (Å²) in [4.78, 5) is 10.2. The van der Waals surface area contributed by atoms with Gasteiger partial charge < -0.3 is 16.0 Å². The molecule has 0 spiro atoms. The van der Waals surface area contributed by atoms with E-state index in [4.69, 9.17) is 5.73 Å². The van der Waals surface area contributed by atoms with Crippen LogP contribution < -0.4 is 16.0 Å². The SMILES string of the molecule is CCCCN(C)c1ncnc(Nc2ccc(F)c(F)c2)c1N. The fourth-order valence-electron chi connectivity index (χ4n) is 2.00. The molecule has 118 valence electrons. The molecule has 7 heteroatoms. The van der Waals surface area contributed by atoms with Crippen molar-refractivity contribution in [3.05, 3.63) is 36.2 Å². The van der Waals surface area contributed by atoms with Gasteiger partial charge in [-0.3, -0.25) is 0 Å². The van der Waals surface area contributed by atoms with Crippen molar-refractivity contribution >= 4 is 23.0 Å². The van der Waals surface area contributed by atoms with Gasteiger partial charge in [-0.05, 0) is 18.6 Å². The van der Waals surface area contributed by atoms with E-state index >= 15 is 0 Å². The molecule has 0 amide bonds. The van der Waals surface area contributed by atoms with E-state index in [0.29, 0.717) is 23.0 Å². The van der Waals surface area contributed by atoms with Gasteiger partial charge >= 0.3 is 0 Å². The van der Waals surface area contributed by atoms with Crippen LogP contribution in [0.5, 0.6) is 0 Å². The van der Waals surface area contributed by atoms with Crippen LogP contribution in [0, 0.1) is 11.6 Å². The lowest BCUT2D eigenvalue weighted by Gasteiger charge is -2.20. The number of hydrogen-bond acceptors (Lipinski definition) is 5. The molecule has 0 saturated carbocycles. The average molecular weight is 307 g/mol. The topological polar surface area (TPSA) is 67.1 Å². The first-order chi connectivity index (χ1) is 10.5. The molecule has 0 bridgehead atoms. The maximum Gasteiger partial charge on any atom is 0.160 e. The zero-order valence-electron chi connectivity index (χ0n) is 12.6. The fraction of sp³-hybridized carbons (Fsp3) is 0.333. The highest BCUT2D eigenvalue weighted by atomic mass is 19.2. The number of rotatable bonds is 6. The van der Waals surface area contributed by atoms with E-state index in [1.54, 1.807) is 0 Å². The number of unbranched alkanes of at least 4 members (excludes halogenated alkanes) is 1. The van der Waals surface area contributed by atoms with E-state index in [-0.39, 0.29) is 0 Å². The lowest BCUT2D eigenvalue weighted by molar-refractivity contribution is 0.509. The highest BCUT2D eigenvalue weighted by Gasteiger charge is 2.12. The van der Waals surface area contributed by atoms with Gasteiger partial charge in [-0.25, -0.2) is 18.7 Å². The molecule has 0 unspecified atom stereocenters. The summed E-state index contributed by atoms with van der Waals surface area (Å²) in [5.41, 5.74) is 6.81. The molecule has 3 N–H and O–H groups in total. The molecule has 0 saturated heterocycles. The Morgan fingerprint density at radius 3 is 2.68 bits per heavy atom. The summed E-state index contributed by atoms with van der Waals surface area (Å²) in [5.74, 6) is -0.869. The Bertz CT molecular complexity index is 648. The summed E-state index contributed by atoms with van der Waals surface area (Å²) in [5, 5.41) is 2.88. The molecular weight excluding hydrogens is 288 g/mol. The zero-order valence-corrected chi connectivity index (χ0v) is 12.6. The van der Waals surface area contributed by atoms with Crippen LogP contribution in [-0.2, 0) is 0 Å². The fourth-order valence-corrected chi connectivity index (χ4v) is 2.00. The molecule has 22 heavy (non-hydrogen) atoms. The molecule has 0 fully saturated rings. The van der Waals surface area contributed by atoms with Crippen LogP contribution in [0.2, 0.25) is 0 Å². The van der Waals surface area contributed by atoms with Gasteiger partial charge in [0.15, 0.2) is 23.3 Å². The van der Waals surface area contributed by atoms with Crippen LogP contribution in [0.15, 0.2) is 24.5 Å². The van der Waals surface area contributed by atoms with Crippen LogP contribution in [0.1, 0.15) is 19.8 Å². The van der Waals surface area contributed by atoms with Gasteiger partial charge in [0.25, 0.3) is 0 Å². The third kappa shape index (κ3) is 3.60. The van der Waals surface area contributed by atoms with Crippen molar-refractivity contribution in [3.8, 4) is 0 Å². The second kappa shape index (κ2) is 7.02. The zero-order chi connectivity index (χ0) is 16.1. The van der Waals surface area contributed by atoms with Crippen molar-refractivity contribution in [2.45, 2.75) is 19.8 Å². The van der Waals surface area contributed by atoms with Gasteiger partial charge in [-0.1, -0.05) is 13.3 Å². The molecule has 0 atom stereocenters. The monoisotopic (exact) mass is 307 g/mol. The van der Waals surface area contributed by atoms with Crippen LogP contribution in [0.4, 0.5) is 31.8 Å². The molecule has 2 rings (SSSR count). The molecular formula is C15H19F2N5. The van der Waals surface area contributed by atoms with Crippen LogP contribution in [0.3, 0.4) is 0 Å². The Morgan fingerprint density at radius 1 is 1.23 bits per heavy atom. The van der Waals surface area contributed by atoms with E-state index in [2.05, 4.69) is 22.2 Å². The van der Waals surface area contributed by atoms with Gasteiger partial charge in [-0.2, -0.15) is 0 Å². The molecule has 0 aliphatic rings. The highest BCUT2D eigenvalue weighted by Crippen LogP contribution is 2.28. The number of hydrogen-bond donors (Lipinski definition) is 2. The molecule has 1 aromatic heterocycles. The van der Waals surface area contributed by atoms with Crippen molar-refractivity contribution in [1.29, 1.82) is 0 Å². The second-order valence-electron chi connectivity index (χ2n) is 4.99. The number of nitrogens with zero attached hydrogens (tertiary/aromatic N) is 3. The second-order valence-corrected chi connectivity index (χ2v) is 4.99. The number of nitrogens with two attached hydrogens (primary N) is 1. The first-order valence-corrected chi connectivity index (χ1v) is 7.06. The number of anilines is 4. The van der Waals surface area contributed by atoms with Gasteiger partial charge in [-0.15, -0.1) is 0 Å². The van der Waals surface area contributed by atoms with Crippen LogP contribution in [-0.4, -0.2) is 23.6 Å². The van der Waals surface area contributed by atoms with Crippen molar-refractivity contribution in [1.82, 2.24) is 9.97 Å². The van der Waals surface area contributed by atoms with E-state index < -0.39 is 11.6 Å². The maximum absolute atomic E-state index is 13.2. The Labute approximate surface area is 128 Å². The molecule has 1 heterocycles. The van der Waals surface area contributed by atoms with Crippen molar-refractivity contribution < 1.29 is 8.78 Å². The predicted molar refractivity (Wildman–Crippen MR) is 84.3 cm³/mol. The Balaban J connectivity index is 2.22. The molecule has 1 aromatic carbocycles. The number of aromatic nitrogens is 2. The number of nitrogen functional groups attached to an aromatic ring is 1. The van der Waals surface area contributed by atoms with Crippen molar-refractivity contribution in [2.24, 2.45) is 0 Å². The molecule has 2 aromatic rings. The van der Waals surface area contributed by atoms with Crippen LogP contribution in [0.25, 0.3) is 0 Å². The largest absolute Gasteiger partial charge is 0.393 e. The summed E-state index contributed by atoms with van der Waals surface area (Å²) < 4.78 is 26.2. The van der Waals surface area contributed by atoms with E-state index in [9.17, 15) is 8.78 Å². The summed E-state index contributed by atoms with van der Waals surface area (Å²) in [6.07, 6.45) is 3.47. The minimum absolute atomic E-state index is 0.361. The molecule has 0 radical (unpaired) electrons. The third-order valence-electron chi connectivity index (χ3n) is 3.25.